The summed E-state index contributed by atoms with van der Waals surface area (Å²) in [4.78, 5) is 32.1. The van der Waals surface area contributed by atoms with Gasteiger partial charge in [0.1, 0.15) is 6.04 Å². The number of carboxylic acids is 1. The molecule has 19 heavy (non-hydrogen) atoms. The van der Waals surface area contributed by atoms with Gasteiger partial charge in [0.15, 0.2) is 0 Å². The van der Waals surface area contributed by atoms with Crippen molar-refractivity contribution in [1.29, 1.82) is 0 Å². The Labute approximate surface area is 109 Å². The number of benzene rings is 1. The second kappa shape index (κ2) is 5.94. The Morgan fingerprint density at radius 3 is 2.21 bits per heavy atom. The molecule has 0 bridgehead atoms. The summed E-state index contributed by atoms with van der Waals surface area (Å²) in [6.07, 6.45) is 0. The molecule has 2 N–H and O–H groups in total. The molecule has 0 unspecified atom stereocenters. The van der Waals surface area contributed by atoms with E-state index >= 15 is 0 Å². The number of carbonyl (C=O) groups excluding carboxylic acids is 1. The second-order valence-corrected chi connectivity index (χ2v) is 4.15. The summed E-state index contributed by atoms with van der Waals surface area (Å²) in [6.45, 7) is 2.87. The molecular formula is C12H14N2O5. The van der Waals surface area contributed by atoms with E-state index in [2.05, 4.69) is 5.32 Å². The van der Waals surface area contributed by atoms with Crippen LogP contribution in [0.15, 0.2) is 24.3 Å². The number of non-ortho nitro benzene ring substituents is 1. The monoisotopic (exact) mass is 266 g/mol. The number of carbonyl (C=O) groups is 2. The number of hydrogen-bond acceptors (Lipinski definition) is 4. The molecule has 1 amide bonds. The highest BCUT2D eigenvalue weighted by Gasteiger charge is 2.26. The predicted octanol–water partition coefficient (Wildman–Crippen LogP) is 1.29. The van der Waals surface area contributed by atoms with E-state index in [1.165, 1.54) is 31.2 Å². The normalized spacial score (nSPS) is 13.4. The van der Waals surface area contributed by atoms with Crippen LogP contribution in [0.25, 0.3) is 0 Å². The molecule has 0 spiro atoms. The van der Waals surface area contributed by atoms with Gasteiger partial charge in [0, 0.05) is 25.0 Å². The number of carboxylic acid groups (broad SMARTS) is 1. The third kappa shape index (κ3) is 3.77. The zero-order valence-corrected chi connectivity index (χ0v) is 10.5. The minimum absolute atomic E-state index is 0.0673. The zero-order valence-electron chi connectivity index (χ0n) is 10.5. The Morgan fingerprint density at radius 2 is 1.84 bits per heavy atom. The largest absolute Gasteiger partial charge is 0.480 e. The van der Waals surface area contributed by atoms with Crippen LogP contribution >= 0.6 is 0 Å². The number of nitro groups is 1. The van der Waals surface area contributed by atoms with Crippen LogP contribution in [0.4, 0.5) is 5.69 Å². The third-order valence-corrected chi connectivity index (χ3v) is 2.75. The molecule has 0 aromatic heterocycles. The van der Waals surface area contributed by atoms with Crippen LogP contribution in [0.2, 0.25) is 0 Å². The SMILES string of the molecule is CC(=O)N[C@@H](C(=O)O)[C@H](C)c1ccc([N+](=O)[O-])cc1. The van der Waals surface area contributed by atoms with Gasteiger partial charge in [0.25, 0.3) is 5.69 Å². The van der Waals surface area contributed by atoms with E-state index in [0.717, 1.165) is 0 Å². The van der Waals surface area contributed by atoms with Crippen LogP contribution in [0.5, 0.6) is 0 Å². The predicted molar refractivity (Wildman–Crippen MR) is 66.8 cm³/mol. The Kier molecular flexibility index (Phi) is 4.57. The maximum absolute atomic E-state index is 11.1. The van der Waals surface area contributed by atoms with Gasteiger partial charge in [0.05, 0.1) is 4.92 Å². The van der Waals surface area contributed by atoms with Crippen LogP contribution in [0, 0.1) is 10.1 Å². The fourth-order valence-electron chi connectivity index (χ4n) is 1.71. The van der Waals surface area contributed by atoms with Gasteiger partial charge in [-0.05, 0) is 5.56 Å². The van der Waals surface area contributed by atoms with Gasteiger partial charge in [-0.3, -0.25) is 14.9 Å². The highest BCUT2D eigenvalue weighted by Crippen LogP contribution is 2.22. The zero-order chi connectivity index (χ0) is 14.6. The van der Waals surface area contributed by atoms with Crippen molar-refractivity contribution in [3.05, 3.63) is 39.9 Å². The van der Waals surface area contributed by atoms with E-state index in [-0.39, 0.29) is 5.69 Å². The molecule has 1 aromatic carbocycles. The number of nitrogens with zero attached hydrogens (tertiary/aromatic N) is 1. The molecule has 0 fully saturated rings. The van der Waals surface area contributed by atoms with Crippen molar-refractivity contribution in [2.24, 2.45) is 0 Å². The molecule has 2 atom stereocenters. The van der Waals surface area contributed by atoms with E-state index in [0.29, 0.717) is 5.56 Å². The Hall–Kier alpha value is -2.44. The van der Waals surface area contributed by atoms with Crippen molar-refractivity contribution in [2.75, 3.05) is 0 Å². The standard InChI is InChI=1S/C12H14N2O5/c1-7(11(12(16)17)13-8(2)15)9-3-5-10(6-4-9)14(18)19/h3-7,11H,1-2H3,(H,13,15)(H,16,17)/t7-,11-/m1/s1. The summed E-state index contributed by atoms with van der Waals surface area (Å²) in [5.41, 5.74) is 0.536. The van der Waals surface area contributed by atoms with Crippen LogP contribution in [-0.2, 0) is 9.59 Å². The average molecular weight is 266 g/mol. The number of rotatable bonds is 5. The molecule has 7 nitrogen and oxygen atoms in total. The lowest BCUT2D eigenvalue weighted by Gasteiger charge is -2.21. The lowest BCUT2D eigenvalue weighted by Crippen LogP contribution is -2.43. The molecular weight excluding hydrogens is 252 g/mol. The van der Waals surface area contributed by atoms with Gasteiger partial charge in [-0.2, -0.15) is 0 Å². The van der Waals surface area contributed by atoms with Gasteiger partial charge in [-0.25, -0.2) is 4.79 Å². The highest BCUT2D eigenvalue weighted by molar-refractivity contribution is 5.83. The minimum Gasteiger partial charge on any atom is -0.480 e. The first kappa shape index (κ1) is 14.6. The number of nitro benzene ring substituents is 1. The lowest BCUT2D eigenvalue weighted by atomic mass is 9.93. The summed E-state index contributed by atoms with van der Waals surface area (Å²) in [6, 6.07) is 4.51. The van der Waals surface area contributed by atoms with Gasteiger partial charge >= 0.3 is 5.97 Å². The maximum Gasteiger partial charge on any atom is 0.326 e. The molecule has 0 saturated carbocycles. The molecule has 0 saturated heterocycles. The van der Waals surface area contributed by atoms with Crippen LogP contribution in [0.1, 0.15) is 25.3 Å². The number of hydrogen-bond donors (Lipinski definition) is 2. The van der Waals surface area contributed by atoms with E-state index in [4.69, 9.17) is 5.11 Å². The highest BCUT2D eigenvalue weighted by atomic mass is 16.6. The first-order valence-corrected chi connectivity index (χ1v) is 5.57. The summed E-state index contributed by atoms with van der Waals surface area (Å²) in [5.74, 6) is -2.09. The summed E-state index contributed by atoms with van der Waals surface area (Å²) in [5, 5.41) is 21.9. The molecule has 1 aromatic rings. The molecule has 0 aliphatic heterocycles. The van der Waals surface area contributed by atoms with Crippen molar-refractivity contribution in [3.8, 4) is 0 Å². The van der Waals surface area contributed by atoms with E-state index in [1.807, 2.05) is 0 Å². The van der Waals surface area contributed by atoms with Crippen molar-refractivity contribution in [2.45, 2.75) is 25.8 Å². The van der Waals surface area contributed by atoms with Crippen molar-refractivity contribution < 1.29 is 19.6 Å². The molecule has 7 heteroatoms. The van der Waals surface area contributed by atoms with Crippen LogP contribution in [0.3, 0.4) is 0 Å². The number of aliphatic carboxylic acids is 1. The van der Waals surface area contributed by atoms with Crippen LogP contribution < -0.4 is 5.32 Å². The van der Waals surface area contributed by atoms with Crippen molar-refractivity contribution in [3.63, 3.8) is 0 Å². The van der Waals surface area contributed by atoms with Gasteiger partial charge in [0.2, 0.25) is 5.91 Å². The second-order valence-electron chi connectivity index (χ2n) is 4.15. The summed E-state index contributed by atoms with van der Waals surface area (Å²) < 4.78 is 0. The molecule has 102 valence electrons. The first-order chi connectivity index (χ1) is 8.82. The Balaban J connectivity index is 2.96. The van der Waals surface area contributed by atoms with E-state index < -0.39 is 28.8 Å². The molecule has 0 heterocycles. The van der Waals surface area contributed by atoms with Crippen molar-refractivity contribution >= 4 is 17.6 Å². The lowest BCUT2D eigenvalue weighted by molar-refractivity contribution is -0.384. The number of amides is 1. The smallest absolute Gasteiger partial charge is 0.326 e. The topological polar surface area (TPSA) is 110 Å². The molecule has 1 rings (SSSR count). The molecule has 0 aliphatic carbocycles. The van der Waals surface area contributed by atoms with Gasteiger partial charge < -0.3 is 10.4 Å². The van der Waals surface area contributed by atoms with Crippen LogP contribution in [-0.4, -0.2) is 27.9 Å². The average Bonchev–Trinajstić information content (AvgIpc) is 2.34. The summed E-state index contributed by atoms with van der Waals surface area (Å²) in [7, 11) is 0. The van der Waals surface area contributed by atoms with E-state index in [9.17, 15) is 19.7 Å². The first-order valence-electron chi connectivity index (χ1n) is 5.57. The minimum atomic E-state index is -1.15. The maximum atomic E-state index is 11.1. The number of nitrogens with one attached hydrogen (secondary N) is 1. The van der Waals surface area contributed by atoms with Gasteiger partial charge in [-0.15, -0.1) is 0 Å². The molecule has 0 aliphatic rings. The van der Waals surface area contributed by atoms with E-state index in [1.54, 1.807) is 6.92 Å². The fourth-order valence-corrected chi connectivity index (χ4v) is 1.71. The summed E-state index contributed by atoms with van der Waals surface area (Å²) >= 11 is 0. The van der Waals surface area contributed by atoms with Gasteiger partial charge in [-0.1, -0.05) is 19.1 Å². The Morgan fingerprint density at radius 1 is 1.32 bits per heavy atom. The Bertz CT molecular complexity index is 497. The third-order valence-electron chi connectivity index (χ3n) is 2.75. The quantitative estimate of drug-likeness (QED) is 0.616. The van der Waals surface area contributed by atoms with Crippen molar-refractivity contribution in [1.82, 2.24) is 5.32 Å². The fraction of sp³-hybridized carbons (Fsp3) is 0.333. The molecule has 0 radical (unpaired) electrons.